The number of phenolic OH excluding ortho intramolecular Hbond substituents is 1. The summed E-state index contributed by atoms with van der Waals surface area (Å²) in [6, 6.07) is 18.4. The van der Waals surface area contributed by atoms with Crippen molar-refractivity contribution in [2.24, 2.45) is 0 Å². The minimum atomic E-state index is -0.897. The molecule has 0 radical (unpaired) electrons. The van der Waals surface area contributed by atoms with Crippen molar-refractivity contribution in [3.63, 3.8) is 0 Å². The summed E-state index contributed by atoms with van der Waals surface area (Å²) >= 11 is 0. The van der Waals surface area contributed by atoms with Gasteiger partial charge in [-0.15, -0.1) is 0 Å². The summed E-state index contributed by atoms with van der Waals surface area (Å²) in [5, 5.41) is 9.66. The molecule has 1 aliphatic heterocycles. The van der Waals surface area contributed by atoms with Crippen molar-refractivity contribution in [3.05, 3.63) is 89.7 Å². The lowest BCUT2D eigenvalue weighted by molar-refractivity contribution is -0.119. The van der Waals surface area contributed by atoms with Gasteiger partial charge in [0.1, 0.15) is 17.6 Å². The molecule has 33 heavy (non-hydrogen) atoms. The maximum atomic E-state index is 14.2. The van der Waals surface area contributed by atoms with Gasteiger partial charge in [-0.2, -0.15) is 0 Å². The molecule has 1 fully saturated rings. The second-order valence-electron chi connectivity index (χ2n) is 8.66. The van der Waals surface area contributed by atoms with Crippen LogP contribution in [0.2, 0.25) is 0 Å². The van der Waals surface area contributed by atoms with E-state index in [1.807, 2.05) is 29.2 Å². The lowest BCUT2D eigenvalue weighted by atomic mass is 9.94. The third-order valence-corrected chi connectivity index (χ3v) is 6.58. The summed E-state index contributed by atoms with van der Waals surface area (Å²) < 4.78 is 14.2. The fourth-order valence-electron chi connectivity index (χ4n) is 5.04. The number of rotatable bonds is 4. The van der Waals surface area contributed by atoms with E-state index in [1.54, 1.807) is 6.07 Å². The van der Waals surface area contributed by atoms with Crippen LogP contribution in [0.3, 0.4) is 0 Å². The fraction of sp³-hybridized carbons (Fsp3) is 0.259. The van der Waals surface area contributed by atoms with Gasteiger partial charge in [0.05, 0.1) is 0 Å². The van der Waals surface area contributed by atoms with Crippen LogP contribution in [0.25, 0.3) is 0 Å². The molecule has 3 aromatic carbocycles. The average Bonchev–Trinajstić information content (AvgIpc) is 3.12. The first-order valence-corrected chi connectivity index (χ1v) is 11.3. The molecule has 1 atom stereocenters. The molecule has 1 N–H and O–H groups in total. The van der Waals surface area contributed by atoms with E-state index in [2.05, 4.69) is 0 Å². The molecular formula is C27H25FN2O3. The molecule has 2 aliphatic rings. The molecule has 0 aromatic heterocycles. The van der Waals surface area contributed by atoms with Crippen molar-refractivity contribution in [3.8, 4) is 5.75 Å². The maximum absolute atomic E-state index is 14.2. The second-order valence-corrected chi connectivity index (χ2v) is 8.66. The zero-order valence-corrected chi connectivity index (χ0v) is 18.2. The van der Waals surface area contributed by atoms with E-state index in [9.17, 15) is 19.1 Å². The Morgan fingerprint density at radius 2 is 1.67 bits per heavy atom. The number of carbonyl (C=O) groups excluding carboxylic acids is 2. The number of phenols is 1. The molecule has 2 amide bonds. The number of amides is 2. The number of hydrogen-bond donors (Lipinski definition) is 1. The van der Waals surface area contributed by atoms with Crippen molar-refractivity contribution >= 4 is 23.2 Å². The van der Waals surface area contributed by atoms with Gasteiger partial charge in [0.15, 0.2) is 0 Å². The molecule has 3 aromatic rings. The van der Waals surface area contributed by atoms with E-state index in [0.29, 0.717) is 11.3 Å². The van der Waals surface area contributed by atoms with E-state index in [1.165, 1.54) is 53.8 Å². The first kappa shape index (κ1) is 21.2. The van der Waals surface area contributed by atoms with E-state index < -0.39 is 17.8 Å². The minimum absolute atomic E-state index is 0.0367. The number of anilines is 2. The Hall–Kier alpha value is -3.67. The highest BCUT2D eigenvalue weighted by molar-refractivity contribution is 6.15. The first-order chi connectivity index (χ1) is 16.0. The van der Waals surface area contributed by atoms with E-state index in [0.717, 1.165) is 36.9 Å². The quantitative estimate of drug-likeness (QED) is 0.570. The van der Waals surface area contributed by atoms with E-state index in [4.69, 9.17) is 0 Å². The number of nitrogens with zero attached hydrogens (tertiary/aromatic N) is 2. The largest absolute Gasteiger partial charge is 0.508 e. The summed E-state index contributed by atoms with van der Waals surface area (Å²) in [7, 11) is 0. The Balaban J connectivity index is 1.63. The first-order valence-electron chi connectivity index (χ1n) is 11.3. The molecular weight excluding hydrogens is 419 g/mol. The average molecular weight is 445 g/mol. The molecule has 168 valence electrons. The number of para-hydroxylation sites is 1. The molecule has 0 saturated heterocycles. The van der Waals surface area contributed by atoms with Gasteiger partial charge in [-0.05, 0) is 61.4 Å². The Morgan fingerprint density at radius 3 is 2.39 bits per heavy atom. The number of halogens is 1. The number of carbonyl (C=O) groups is 2. The Labute approximate surface area is 192 Å². The van der Waals surface area contributed by atoms with Crippen molar-refractivity contribution in [1.82, 2.24) is 0 Å². The summed E-state index contributed by atoms with van der Waals surface area (Å²) in [6.45, 7) is 0. The van der Waals surface area contributed by atoms with Gasteiger partial charge in [-0.1, -0.05) is 43.5 Å². The highest BCUT2D eigenvalue weighted by atomic mass is 19.1. The van der Waals surface area contributed by atoms with Crippen LogP contribution in [0.1, 0.15) is 54.1 Å². The third-order valence-electron chi connectivity index (χ3n) is 6.58. The molecule has 5 rings (SSSR count). The highest BCUT2D eigenvalue weighted by Crippen LogP contribution is 2.44. The molecule has 6 heteroatoms. The predicted octanol–water partition coefficient (Wildman–Crippen LogP) is 5.60. The molecule has 0 spiro atoms. The molecule has 1 saturated carbocycles. The molecule has 1 aliphatic carbocycles. The summed E-state index contributed by atoms with van der Waals surface area (Å²) in [5.74, 6) is -1.05. The van der Waals surface area contributed by atoms with Crippen LogP contribution in [0.4, 0.5) is 15.8 Å². The minimum Gasteiger partial charge on any atom is -0.508 e. The molecule has 0 bridgehead atoms. The van der Waals surface area contributed by atoms with Crippen LogP contribution in [0, 0.1) is 5.82 Å². The topological polar surface area (TPSA) is 60.9 Å². The van der Waals surface area contributed by atoms with Gasteiger partial charge >= 0.3 is 0 Å². The normalized spacial score (nSPS) is 18.3. The summed E-state index contributed by atoms with van der Waals surface area (Å²) in [5.41, 5.74) is 2.17. The number of benzene rings is 3. The zero-order chi connectivity index (χ0) is 22.9. The van der Waals surface area contributed by atoms with Gasteiger partial charge in [-0.25, -0.2) is 4.39 Å². The van der Waals surface area contributed by atoms with Gasteiger partial charge in [0, 0.05) is 28.5 Å². The van der Waals surface area contributed by atoms with Crippen molar-refractivity contribution in [2.45, 2.75) is 44.2 Å². The smallest absolute Gasteiger partial charge is 0.259 e. The number of fused-ring (bicyclic) bond motifs is 1. The van der Waals surface area contributed by atoms with Crippen LogP contribution in [-0.4, -0.2) is 23.0 Å². The van der Waals surface area contributed by atoms with Crippen molar-refractivity contribution < 1.29 is 19.1 Å². The monoisotopic (exact) mass is 444 g/mol. The second kappa shape index (κ2) is 8.70. The standard InChI is InChI=1S/C27H25FN2O3/c28-19-7-6-10-21(17-19)30(26(32)18-13-15-22(31)16-14-18)25-23-11-4-5-12-24(23)29(27(25)33)20-8-2-1-3-9-20/h4-7,10-17,20,25,31H,1-3,8-9H2. The van der Waals surface area contributed by atoms with Gasteiger partial charge in [0.25, 0.3) is 11.8 Å². The van der Waals surface area contributed by atoms with Gasteiger partial charge < -0.3 is 10.0 Å². The Kier molecular flexibility index (Phi) is 5.58. The number of aromatic hydroxyl groups is 1. The third kappa shape index (κ3) is 3.86. The van der Waals surface area contributed by atoms with Crippen LogP contribution in [0.15, 0.2) is 72.8 Å². The van der Waals surface area contributed by atoms with E-state index in [-0.39, 0.29) is 17.7 Å². The lowest BCUT2D eigenvalue weighted by Gasteiger charge is -2.33. The molecule has 5 nitrogen and oxygen atoms in total. The SMILES string of the molecule is O=C1C(N(C(=O)c2ccc(O)cc2)c2cccc(F)c2)c2ccccc2N1C1CCCCC1. The molecule has 1 heterocycles. The Morgan fingerprint density at radius 1 is 0.939 bits per heavy atom. The van der Waals surface area contributed by atoms with Gasteiger partial charge in [0.2, 0.25) is 0 Å². The predicted molar refractivity (Wildman–Crippen MR) is 125 cm³/mol. The summed E-state index contributed by atoms with van der Waals surface area (Å²) in [6.07, 6.45) is 5.17. The fourth-order valence-corrected chi connectivity index (χ4v) is 5.04. The van der Waals surface area contributed by atoms with Crippen LogP contribution < -0.4 is 9.80 Å². The van der Waals surface area contributed by atoms with Crippen LogP contribution in [0.5, 0.6) is 5.75 Å². The van der Waals surface area contributed by atoms with Crippen molar-refractivity contribution in [2.75, 3.05) is 9.80 Å². The maximum Gasteiger partial charge on any atom is 0.259 e. The summed E-state index contributed by atoms with van der Waals surface area (Å²) in [4.78, 5) is 30.9. The van der Waals surface area contributed by atoms with Crippen molar-refractivity contribution in [1.29, 1.82) is 0 Å². The zero-order valence-electron chi connectivity index (χ0n) is 18.2. The number of hydrogen-bond acceptors (Lipinski definition) is 3. The Bertz CT molecular complexity index is 1190. The van der Waals surface area contributed by atoms with Crippen LogP contribution in [-0.2, 0) is 4.79 Å². The lowest BCUT2D eigenvalue weighted by Crippen LogP contribution is -2.45. The molecule has 1 unspecified atom stereocenters. The highest BCUT2D eigenvalue weighted by Gasteiger charge is 2.46. The van der Waals surface area contributed by atoms with E-state index >= 15 is 0 Å². The van der Waals surface area contributed by atoms with Crippen LogP contribution >= 0.6 is 0 Å². The van der Waals surface area contributed by atoms with Gasteiger partial charge in [-0.3, -0.25) is 14.5 Å².